The van der Waals surface area contributed by atoms with E-state index in [1.807, 2.05) is 11.3 Å². The van der Waals surface area contributed by atoms with Crippen molar-refractivity contribution in [1.29, 1.82) is 0 Å². The molecule has 3 rings (SSSR count). The van der Waals surface area contributed by atoms with Crippen molar-refractivity contribution in [3.8, 4) is 0 Å². The van der Waals surface area contributed by atoms with E-state index in [2.05, 4.69) is 44.4 Å². The number of hydrogen-bond donors (Lipinski definition) is 1. The highest BCUT2D eigenvalue weighted by Gasteiger charge is 2.25. The maximum atomic E-state index is 5.99. The molecule has 0 aliphatic carbocycles. The molecule has 0 saturated heterocycles. The molecule has 3 heterocycles. The van der Waals surface area contributed by atoms with Crippen LogP contribution < -0.4 is 5.73 Å². The van der Waals surface area contributed by atoms with Crippen molar-refractivity contribution < 1.29 is 0 Å². The van der Waals surface area contributed by atoms with E-state index < -0.39 is 0 Å². The third-order valence-corrected chi connectivity index (χ3v) is 6.17. The van der Waals surface area contributed by atoms with E-state index in [4.69, 9.17) is 5.73 Å². The second-order valence-corrected chi connectivity index (χ2v) is 7.98. The molecular weight excluding hydrogens is 328 g/mol. The lowest BCUT2D eigenvalue weighted by atomic mass is 10.1. The Labute approximate surface area is 124 Å². The summed E-state index contributed by atoms with van der Waals surface area (Å²) in [5.41, 5.74) is 7.48. The van der Waals surface area contributed by atoms with Gasteiger partial charge in [0, 0.05) is 29.4 Å². The minimum atomic E-state index is 0.356. The first-order valence-corrected chi connectivity index (χ1v) is 8.51. The van der Waals surface area contributed by atoms with Gasteiger partial charge in [-0.15, -0.1) is 22.7 Å². The fourth-order valence-corrected chi connectivity index (χ4v) is 4.95. The van der Waals surface area contributed by atoms with E-state index in [1.54, 1.807) is 16.2 Å². The number of nitrogens with zero attached hydrogens (tertiary/aromatic N) is 1. The van der Waals surface area contributed by atoms with E-state index in [-0.39, 0.29) is 0 Å². The molecule has 1 aliphatic rings. The van der Waals surface area contributed by atoms with Crippen LogP contribution in [0.4, 0.5) is 0 Å². The average Bonchev–Trinajstić information content (AvgIpc) is 2.99. The zero-order chi connectivity index (χ0) is 12.5. The Morgan fingerprint density at radius 3 is 3.00 bits per heavy atom. The number of nitrogens with two attached hydrogens (primary N) is 1. The van der Waals surface area contributed by atoms with Gasteiger partial charge in [-0.05, 0) is 51.5 Å². The topological polar surface area (TPSA) is 29.3 Å². The van der Waals surface area contributed by atoms with E-state index in [9.17, 15) is 0 Å². The normalized spacial score (nSPS) is 17.7. The quantitative estimate of drug-likeness (QED) is 0.922. The van der Waals surface area contributed by atoms with Crippen LogP contribution in [0.2, 0.25) is 0 Å². The lowest BCUT2D eigenvalue weighted by Crippen LogP contribution is -2.36. The van der Waals surface area contributed by atoms with Crippen LogP contribution in [0.1, 0.15) is 21.4 Å². The van der Waals surface area contributed by atoms with Crippen LogP contribution in [0.25, 0.3) is 0 Å². The first kappa shape index (κ1) is 12.8. The Hall–Kier alpha value is -0.200. The van der Waals surface area contributed by atoms with Crippen molar-refractivity contribution in [2.45, 2.75) is 19.0 Å². The van der Waals surface area contributed by atoms with Crippen molar-refractivity contribution >= 4 is 38.6 Å². The number of rotatable bonds is 3. The highest BCUT2D eigenvalue weighted by Crippen LogP contribution is 2.34. The van der Waals surface area contributed by atoms with Gasteiger partial charge < -0.3 is 5.73 Å². The molecule has 2 aromatic heterocycles. The highest BCUT2D eigenvalue weighted by molar-refractivity contribution is 9.11. The Morgan fingerprint density at radius 1 is 1.39 bits per heavy atom. The molecular formula is C13H15BrN2S2. The molecule has 0 saturated carbocycles. The molecule has 0 amide bonds. The Bertz CT molecular complexity index is 535. The molecule has 18 heavy (non-hydrogen) atoms. The van der Waals surface area contributed by atoms with Gasteiger partial charge in [0.15, 0.2) is 0 Å². The van der Waals surface area contributed by atoms with Crippen LogP contribution in [-0.2, 0) is 13.0 Å². The van der Waals surface area contributed by atoms with Gasteiger partial charge in [0.1, 0.15) is 0 Å². The van der Waals surface area contributed by atoms with E-state index in [0.29, 0.717) is 12.6 Å². The molecule has 2 N–H and O–H groups in total. The Morgan fingerprint density at radius 2 is 2.28 bits per heavy atom. The minimum absolute atomic E-state index is 0.356. The van der Waals surface area contributed by atoms with Gasteiger partial charge in [-0.2, -0.15) is 0 Å². The lowest BCUT2D eigenvalue weighted by molar-refractivity contribution is 0.188. The van der Waals surface area contributed by atoms with Crippen molar-refractivity contribution in [3.63, 3.8) is 0 Å². The van der Waals surface area contributed by atoms with E-state index >= 15 is 0 Å². The predicted octanol–water partition coefficient (Wildman–Crippen LogP) is 3.63. The molecule has 0 radical (unpaired) electrons. The fourth-order valence-electron chi connectivity index (χ4n) is 2.49. The van der Waals surface area contributed by atoms with Crippen LogP contribution in [0.5, 0.6) is 0 Å². The van der Waals surface area contributed by atoms with Gasteiger partial charge in [0.25, 0.3) is 0 Å². The molecule has 0 bridgehead atoms. The van der Waals surface area contributed by atoms with E-state index in [0.717, 1.165) is 19.5 Å². The molecule has 0 spiro atoms. The van der Waals surface area contributed by atoms with Crippen molar-refractivity contribution in [2.24, 2.45) is 5.73 Å². The van der Waals surface area contributed by atoms with Crippen LogP contribution in [-0.4, -0.2) is 18.0 Å². The zero-order valence-electron chi connectivity index (χ0n) is 9.93. The summed E-state index contributed by atoms with van der Waals surface area (Å²) in [7, 11) is 0. The number of thiophene rings is 2. The van der Waals surface area contributed by atoms with Gasteiger partial charge in [-0.3, -0.25) is 4.90 Å². The summed E-state index contributed by atoms with van der Waals surface area (Å²) in [6.07, 6.45) is 1.16. The summed E-state index contributed by atoms with van der Waals surface area (Å²) < 4.78 is 1.18. The monoisotopic (exact) mass is 342 g/mol. The summed E-state index contributed by atoms with van der Waals surface area (Å²) in [6, 6.07) is 6.91. The molecule has 1 atom stereocenters. The third-order valence-electron chi connectivity index (χ3n) is 3.42. The SMILES string of the molecule is NCC(c1ccc(Br)s1)N1CCc2sccc2C1. The summed E-state index contributed by atoms with van der Waals surface area (Å²) in [5.74, 6) is 0. The van der Waals surface area contributed by atoms with Crippen LogP contribution in [0.3, 0.4) is 0 Å². The second-order valence-electron chi connectivity index (χ2n) is 4.48. The van der Waals surface area contributed by atoms with Crippen molar-refractivity contribution in [2.75, 3.05) is 13.1 Å². The second kappa shape index (κ2) is 5.43. The highest BCUT2D eigenvalue weighted by atomic mass is 79.9. The molecule has 0 fully saturated rings. The molecule has 0 aromatic carbocycles. The fraction of sp³-hybridized carbons (Fsp3) is 0.385. The first-order chi connectivity index (χ1) is 8.78. The largest absolute Gasteiger partial charge is 0.329 e. The minimum Gasteiger partial charge on any atom is -0.329 e. The Kier molecular flexibility index (Phi) is 3.86. The van der Waals surface area contributed by atoms with Crippen molar-refractivity contribution in [3.05, 3.63) is 42.7 Å². The summed E-state index contributed by atoms with van der Waals surface area (Å²) >= 11 is 7.21. The third kappa shape index (κ3) is 2.42. The first-order valence-electron chi connectivity index (χ1n) is 6.02. The summed E-state index contributed by atoms with van der Waals surface area (Å²) in [5, 5.41) is 2.20. The molecule has 1 aliphatic heterocycles. The molecule has 1 unspecified atom stereocenters. The summed E-state index contributed by atoms with van der Waals surface area (Å²) in [4.78, 5) is 5.42. The van der Waals surface area contributed by atoms with Crippen LogP contribution in [0.15, 0.2) is 27.4 Å². The molecule has 2 nitrogen and oxygen atoms in total. The maximum absolute atomic E-state index is 5.99. The summed E-state index contributed by atoms with van der Waals surface area (Å²) in [6.45, 7) is 2.84. The number of fused-ring (bicyclic) bond motifs is 1. The van der Waals surface area contributed by atoms with Gasteiger partial charge >= 0.3 is 0 Å². The zero-order valence-corrected chi connectivity index (χ0v) is 13.2. The standard InChI is InChI=1S/C13H15BrN2S2/c14-13-2-1-12(18-13)10(7-15)16-5-3-11-9(8-16)4-6-17-11/h1-2,4,6,10H,3,5,7-8,15H2. The average molecular weight is 343 g/mol. The number of halogens is 1. The molecule has 5 heteroatoms. The van der Waals surface area contributed by atoms with Gasteiger partial charge in [-0.1, -0.05) is 0 Å². The molecule has 96 valence electrons. The number of hydrogen-bond acceptors (Lipinski definition) is 4. The van der Waals surface area contributed by atoms with Gasteiger partial charge in [0.05, 0.1) is 9.83 Å². The predicted molar refractivity (Wildman–Crippen MR) is 82.2 cm³/mol. The van der Waals surface area contributed by atoms with Crippen LogP contribution in [0, 0.1) is 0 Å². The van der Waals surface area contributed by atoms with Gasteiger partial charge in [-0.25, -0.2) is 0 Å². The smallest absolute Gasteiger partial charge is 0.0702 e. The van der Waals surface area contributed by atoms with Gasteiger partial charge in [0.2, 0.25) is 0 Å². The van der Waals surface area contributed by atoms with E-state index in [1.165, 1.54) is 14.2 Å². The molecule has 2 aromatic rings. The lowest BCUT2D eigenvalue weighted by Gasteiger charge is -2.33. The van der Waals surface area contributed by atoms with Crippen molar-refractivity contribution in [1.82, 2.24) is 4.90 Å². The van der Waals surface area contributed by atoms with Crippen LogP contribution >= 0.6 is 38.6 Å². The Balaban J connectivity index is 1.82. The maximum Gasteiger partial charge on any atom is 0.0702 e.